The van der Waals surface area contributed by atoms with Gasteiger partial charge in [0.25, 0.3) is 0 Å². The number of nitrogens with zero attached hydrogens (tertiary/aromatic N) is 5. The number of halogens is 3. The molecule has 2 aliphatic heterocycles. The second kappa shape index (κ2) is 11.5. The van der Waals surface area contributed by atoms with Gasteiger partial charge in [0.2, 0.25) is 11.8 Å². The smallest absolute Gasteiger partial charge is 0.417 e. The Hall–Kier alpha value is -3.39. The van der Waals surface area contributed by atoms with Crippen molar-refractivity contribution >= 4 is 39.4 Å². The molecule has 14 heteroatoms. The number of likely N-dealkylation sites (tertiary alicyclic amines) is 1. The number of alkyl halides is 3. The van der Waals surface area contributed by atoms with Crippen molar-refractivity contribution in [3.63, 3.8) is 0 Å². The third kappa shape index (κ3) is 6.58. The molecule has 1 amide bonds. The number of anilines is 2. The van der Waals surface area contributed by atoms with Crippen LogP contribution in [0.15, 0.2) is 18.2 Å². The predicted molar refractivity (Wildman–Crippen MR) is 150 cm³/mol. The molecule has 0 spiro atoms. The van der Waals surface area contributed by atoms with Crippen LogP contribution in [0.5, 0.6) is 5.88 Å². The Morgan fingerprint density at radius 3 is 2.56 bits per heavy atom. The normalized spacial score (nSPS) is 18.5. The quantitative estimate of drug-likeness (QED) is 0.414. The van der Waals surface area contributed by atoms with E-state index < -0.39 is 23.4 Å². The van der Waals surface area contributed by atoms with Crippen molar-refractivity contribution in [2.45, 2.75) is 51.4 Å². The summed E-state index contributed by atoms with van der Waals surface area (Å²) in [7, 11) is 1.46. The van der Waals surface area contributed by atoms with Crippen molar-refractivity contribution in [3.8, 4) is 16.5 Å². The number of carbonyl (C=O) groups excluding carboxylic acids is 1. The molecule has 1 unspecified atom stereocenters. The molecule has 0 saturated carbocycles. The number of thiazole rings is 1. The molecule has 2 saturated heterocycles. The molecule has 41 heavy (non-hydrogen) atoms. The molecule has 2 fully saturated rings. The second-order valence-corrected chi connectivity index (χ2v) is 11.9. The fourth-order valence-corrected chi connectivity index (χ4v) is 5.97. The van der Waals surface area contributed by atoms with Gasteiger partial charge in [-0.05, 0) is 45.7 Å². The molecule has 3 aromatic rings. The number of morpholine rings is 1. The van der Waals surface area contributed by atoms with Crippen molar-refractivity contribution in [1.82, 2.24) is 19.9 Å². The maximum Gasteiger partial charge on any atom is 0.417 e. The number of hydrogen-bond donors (Lipinski definition) is 1. The second-order valence-electron chi connectivity index (χ2n) is 10.9. The van der Waals surface area contributed by atoms with E-state index >= 15 is 0 Å². The summed E-state index contributed by atoms with van der Waals surface area (Å²) in [6.07, 6.45) is -3.45. The number of amides is 1. The summed E-state index contributed by atoms with van der Waals surface area (Å²) in [6, 6.07) is 3.74. The molecule has 2 aromatic heterocycles. The van der Waals surface area contributed by atoms with Crippen LogP contribution in [0, 0.1) is 0 Å². The lowest BCUT2D eigenvalue weighted by Crippen LogP contribution is -2.47. The van der Waals surface area contributed by atoms with E-state index in [9.17, 15) is 18.0 Å². The molecule has 2 aliphatic rings. The van der Waals surface area contributed by atoms with Crippen molar-refractivity contribution in [2.75, 3.05) is 56.7 Å². The van der Waals surface area contributed by atoms with Crippen LogP contribution in [0.2, 0.25) is 0 Å². The highest BCUT2D eigenvalue weighted by Crippen LogP contribution is 2.44. The summed E-state index contributed by atoms with van der Waals surface area (Å²) in [5, 5.41) is 3.74. The molecular weight excluding hydrogens is 561 g/mol. The lowest BCUT2D eigenvalue weighted by molar-refractivity contribution is -0.136. The molecule has 1 N–H and O–H groups in total. The maximum atomic E-state index is 13.8. The highest BCUT2D eigenvalue weighted by Gasteiger charge is 2.35. The van der Waals surface area contributed by atoms with Gasteiger partial charge in [0.1, 0.15) is 22.0 Å². The molecule has 5 rings (SSSR count). The lowest BCUT2D eigenvalue weighted by Gasteiger charge is -2.35. The minimum Gasteiger partial charge on any atom is -0.480 e. The summed E-state index contributed by atoms with van der Waals surface area (Å²) >= 11 is 0.914. The van der Waals surface area contributed by atoms with Gasteiger partial charge in [-0.25, -0.2) is 9.78 Å². The molecule has 10 nitrogen and oxygen atoms in total. The van der Waals surface area contributed by atoms with Gasteiger partial charge in [0.05, 0.1) is 36.1 Å². The van der Waals surface area contributed by atoms with Crippen LogP contribution in [0.4, 0.5) is 29.7 Å². The van der Waals surface area contributed by atoms with Crippen molar-refractivity contribution in [1.29, 1.82) is 0 Å². The van der Waals surface area contributed by atoms with Crippen LogP contribution < -0.4 is 15.0 Å². The summed E-state index contributed by atoms with van der Waals surface area (Å²) in [5.41, 5.74) is -0.787. The number of carbonyl (C=O) groups is 1. The molecule has 4 heterocycles. The van der Waals surface area contributed by atoms with Gasteiger partial charge in [0, 0.05) is 32.2 Å². The third-order valence-electron chi connectivity index (χ3n) is 6.70. The van der Waals surface area contributed by atoms with Gasteiger partial charge in [-0.1, -0.05) is 6.07 Å². The topological polar surface area (TPSA) is 102 Å². The molecule has 1 aromatic carbocycles. The Morgan fingerprint density at radius 1 is 1.12 bits per heavy atom. The predicted octanol–water partition coefficient (Wildman–Crippen LogP) is 5.43. The zero-order chi connectivity index (χ0) is 29.4. The summed E-state index contributed by atoms with van der Waals surface area (Å²) in [4.78, 5) is 30.4. The monoisotopic (exact) mass is 594 g/mol. The van der Waals surface area contributed by atoms with E-state index in [2.05, 4.69) is 15.3 Å². The first-order valence-electron chi connectivity index (χ1n) is 13.4. The van der Waals surface area contributed by atoms with E-state index in [1.807, 2.05) is 25.7 Å². The van der Waals surface area contributed by atoms with Gasteiger partial charge in [0.15, 0.2) is 0 Å². The number of nitrogens with one attached hydrogen (secondary N) is 1. The van der Waals surface area contributed by atoms with Gasteiger partial charge < -0.3 is 29.3 Å². The van der Waals surface area contributed by atoms with E-state index in [4.69, 9.17) is 19.2 Å². The van der Waals surface area contributed by atoms with Gasteiger partial charge in [-0.3, -0.25) is 0 Å². The van der Waals surface area contributed by atoms with Gasteiger partial charge >= 0.3 is 12.3 Å². The molecule has 0 bridgehead atoms. The summed E-state index contributed by atoms with van der Waals surface area (Å²) in [5.74, 6) is 0.978. The molecule has 0 radical (unpaired) electrons. The van der Waals surface area contributed by atoms with Crippen LogP contribution in [0.1, 0.15) is 39.2 Å². The van der Waals surface area contributed by atoms with Crippen LogP contribution in [0.25, 0.3) is 20.8 Å². The third-order valence-corrected chi connectivity index (χ3v) is 7.82. The highest BCUT2D eigenvalue weighted by atomic mass is 32.1. The van der Waals surface area contributed by atoms with E-state index in [1.54, 1.807) is 11.0 Å². The lowest BCUT2D eigenvalue weighted by atomic mass is 10.1. The molecule has 0 aliphatic carbocycles. The minimum absolute atomic E-state index is 0.0222. The molecule has 222 valence electrons. The number of ether oxygens (including phenoxy) is 3. The number of benzene rings is 1. The number of fused-ring (bicyclic) bond motifs is 1. The fraction of sp³-hybridized carbons (Fsp3) is 0.556. The largest absolute Gasteiger partial charge is 0.480 e. The van der Waals surface area contributed by atoms with Gasteiger partial charge in [-0.15, -0.1) is 11.3 Å². The van der Waals surface area contributed by atoms with Crippen LogP contribution in [-0.4, -0.2) is 84.1 Å². The van der Waals surface area contributed by atoms with Crippen LogP contribution in [0.3, 0.4) is 0 Å². The molecule has 1 atom stereocenters. The average molecular weight is 595 g/mol. The van der Waals surface area contributed by atoms with E-state index in [1.165, 1.54) is 13.2 Å². The zero-order valence-corrected chi connectivity index (χ0v) is 24.2. The first-order chi connectivity index (χ1) is 19.4. The average Bonchev–Trinajstić information content (AvgIpc) is 3.35. The van der Waals surface area contributed by atoms with Crippen molar-refractivity contribution < 1.29 is 32.2 Å². The minimum atomic E-state index is -4.53. The SMILES string of the molecule is COc1nc(N2CCOCC2)nc(NC2CCCN(C(=O)OC(C)(C)C)C2)c1-c1nc2cccc(C(F)(F)F)c2s1. The number of hydrogen-bond acceptors (Lipinski definition) is 10. The summed E-state index contributed by atoms with van der Waals surface area (Å²) in [6.45, 7) is 8.57. The Kier molecular flexibility index (Phi) is 8.15. The number of aromatic nitrogens is 3. The van der Waals surface area contributed by atoms with Crippen LogP contribution >= 0.6 is 11.3 Å². The first-order valence-corrected chi connectivity index (χ1v) is 14.2. The summed E-state index contributed by atoms with van der Waals surface area (Å²) < 4.78 is 58.1. The zero-order valence-electron chi connectivity index (χ0n) is 23.4. The van der Waals surface area contributed by atoms with E-state index in [0.717, 1.165) is 30.2 Å². The van der Waals surface area contributed by atoms with Crippen molar-refractivity contribution in [2.24, 2.45) is 0 Å². The standard InChI is InChI=1S/C27H33F3N6O4S/c1-26(2,3)40-25(37)36-10-6-7-16(15-36)31-21-19(22(38-4)34-24(33-21)35-11-13-39-14-12-35)23-32-18-9-5-8-17(20(18)41-23)27(28,29)30/h5,8-9,16H,6-7,10-15H2,1-4H3,(H,31,33,34). The number of piperidine rings is 1. The van der Waals surface area contributed by atoms with Crippen LogP contribution in [-0.2, 0) is 15.7 Å². The fourth-order valence-electron chi connectivity index (χ4n) is 4.84. The Balaban J connectivity index is 1.55. The van der Waals surface area contributed by atoms with E-state index in [-0.39, 0.29) is 22.1 Å². The van der Waals surface area contributed by atoms with Crippen molar-refractivity contribution in [3.05, 3.63) is 23.8 Å². The highest BCUT2D eigenvalue weighted by molar-refractivity contribution is 7.22. The Bertz CT molecular complexity index is 1400. The Morgan fingerprint density at radius 2 is 1.88 bits per heavy atom. The Labute approximate surface area is 239 Å². The number of rotatable bonds is 5. The van der Waals surface area contributed by atoms with E-state index in [0.29, 0.717) is 61.7 Å². The van der Waals surface area contributed by atoms with Gasteiger partial charge in [-0.2, -0.15) is 23.1 Å². The number of methoxy groups -OCH3 is 1. The maximum absolute atomic E-state index is 13.8. The first kappa shape index (κ1) is 29.1. The molecular formula is C27H33F3N6O4S.